The van der Waals surface area contributed by atoms with Gasteiger partial charge in [-0.25, -0.2) is 9.78 Å². The number of carbonyl (C=O) groups is 1. The highest BCUT2D eigenvalue weighted by Gasteiger charge is 2.16. The Balaban J connectivity index is 2.31. The summed E-state index contributed by atoms with van der Waals surface area (Å²) in [6.07, 6.45) is 0. The first-order valence-electron chi connectivity index (χ1n) is 6.13. The van der Waals surface area contributed by atoms with Crippen LogP contribution in [0.25, 0.3) is 0 Å². The third kappa shape index (κ3) is 3.25. The molecule has 0 amide bonds. The first kappa shape index (κ1) is 15.1. The van der Waals surface area contributed by atoms with Gasteiger partial charge in [0.05, 0.1) is 27.0 Å². The number of methoxy groups -OCH3 is 3. The SMILES string of the molecule is COC(=O)c1nc(Nc2cc(OC)ccc2OC)sc1C. The number of esters is 1. The monoisotopic (exact) mass is 308 g/mol. The van der Waals surface area contributed by atoms with Gasteiger partial charge in [0.25, 0.3) is 0 Å². The standard InChI is InChI=1S/C14H16N2O4S/c1-8-12(13(17)20-4)16-14(21-8)15-10-7-9(18-2)5-6-11(10)19-3/h5-7H,1-4H3,(H,15,16). The van der Waals surface area contributed by atoms with Crippen LogP contribution in [0, 0.1) is 6.92 Å². The largest absolute Gasteiger partial charge is 0.497 e. The molecular weight excluding hydrogens is 292 g/mol. The average Bonchev–Trinajstić information content (AvgIpc) is 2.86. The smallest absolute Gasteiger partial charge is 0.357 e. The number of ether oxygens (including phenoxy) is 3. The number of hydrogen-bond donors (Lipinski definition) is 1. The van der Waals surface area contributed by atoms with E-state index in [9.17, 15) is 4.79 Å². The van der Waals surface area contributed by atoms with Gasteiger partial charge in [0.15, 0.2) is 10.8 Å². The summed E-state index contributed by atoms with van der Waals surface area (Å²) in [7, 11) is 4.51. The van der Waals surface area contributed by atoms with Crippen molar-refractivity contribution in [1.29, 1.82) is 0 Å². The van der Waals surface area contributed by atoms with Crippen molar-refractivity contribution in [3.05, 3.63) is 28.8 Å². The second kappa shape index (κ2) is 6.45. The van der Waals surface area contributed by atoms with Crippen LogP contribution in [0.4, 0.5) is 10.8 Å². The van der Waals surface area contributed by atoms with Crippen LogP contribution in [0.2, 0.25) is 0 Å². The predicted molar refractivity (Wildman–Crippen MR) is 81.0 cm³/mol. The van der Waals surface area contributed by atoms with Gasteiger partial charge in [0.1, 0.15) is 11.5 Å². The molecule has 0 saturated heterocycles. The van der Waals surface area contributed by atoms with Gasteiger partial charge < -0.3 is 19.5 Å². The zero-order valence-corrected chi connectivity index (χ0v) is 13.0. The van der Waals surface area contributed by atoms with Crippen LogP contribution < -0.4 is 14.8 Å². The molecule has 2 rings (SSSR count). The topological polar surface area (TPSA) is 69.7 Å². The van der Waals surface area contributed by atoms with Crippen molar-refractivity contribution < 1.29 is 19.0 Å². The first-order chi connectivity index (χ1) is 10.1. The van der Waals surface area contributed by atoms with E-state index >= 15 is 0 Å². The van der Waals surface area contributed by atoms with Crippen molar-refractivity contribution in [2.45, 2.75) is 6.92 Å². The first-order valence-corrected chi connectivity index (χ1v) is 6.95. The lowest BCUT2D eigenvalue weighted by Gasteiger charge is -2.10. The molecule has 1 heterocycles. The number of aryl methyl sites for hydroxylation is 1. The molecule has 0 unspecified atom stereocenters. The lowest BCUT2D eigenvalue weighted by Crippen LogP contribution is -2.03. The normalized spacial score (nSPS) is 10.1. The van der Waals surface area contributed by atoms with Crippen molar-refractivity contribution in [3.8, 4) is 11.5 Å². The number of rotatable bonds is 5. The summed E-state index contributed by atoms with van der Waals surface area (Å²) in [5.74, 6) is 0.900. The molecule has 0 saturated carbocycles. The maximum Gasteiger partial charge on any atom is 0.357 e. The minimum atomic E-state index is -0.450. The van der Waals surface area contributed by atoms with Gasteiger partial charge in [-0.2, -0.15) is 0 Å². The quantitative estimate of drug-likeness (QED) is 0.856. The molecule has 0 aliphatic heterocycles. The van der Waals surface area contributed by atoms with Gasteiger partial charge in [0.2, 0.25) is 0 Å². The van der Waals surface area contributed by atoms with E-state index in [0.29, 0.717) is 28.0 Å². The maximum absolute atomic E-state index is 11.6. The fourth-order valence-corrected chi connectivity index (χ4v) is 2.58. The summed E-state index contributed by atoms with van der Waals surface area (Å²) in [4.78, 5) is 16.6. The highest BCUT2D eigenvalue weighted by molar-refractivity contribution is 7.15. The van der Waals surface area contributed by atoms with Crippen LogP contribution in [0.3, 0.4) is 0 Å². The molecule has 1 aromatic heterocycles. The number of anilines is 2. The van der Waals surface area contributed by atoms with Crippen molar-refractivity contribution in [2.24, 2.45) is 0 Å². The number of carbonyl (C=O) groups excluding carboxylic acids is 1. The van der Waals surface area contributed by atoms with Gasteiger partial charge in [-0.3, -0.25) is 0 Å². The summed E-state index contributed by atoms with van der Waals surface area (Å²) < 4.78 is 15.2. The fourth-order valence-electron chi connectivity index (χ4n) is 1.76. The zero-order chi connectivity index (χ0) is 15.4. The van der Waals surface area contributed by atoms with Gasteiger partial charge in [-0.15, -0.1) is 11.3 Å². The number of aromatic nitrogens is 1. The predicted octanol–water partition coefficient (Wildman–Crippen LogP) is 3.00. The Morgan fingerprint density at radius 2 is 2.00 bits per heavy atom. The summed E-state index contributed by atoms with van der Waals surface area (Å²) in [6.45, 7) is 1.82. The second-order valence-corrected chi connectivity index (χ2v) is 5.31. The molecule has 1 N–H and O–H groups in total. The molecule has 1 aromatic carbocycles. The molecule has 21 heavy (non-hydrogen) atoms. The third-order valence-corrected chi connectivity index (χ3v) is 3.71. The molecule has 0 aliphatic rings. The Morgan fingerprint density at radius 1 is 1.24 bits per heavy atom. The van der Waals surface area contributed by atoms with E-state index in [-0.39, 0.29) is 0 Å². The number of benzene rings is 1. The molecule has 0 radical (unpaired) electrons. The molecule has 112 valence electrons. The van der Waals surface area contributed by atoms with Gasteiger partial charge in [0, 0.05) is 10.9 Å². The van der Waals surface area contributed by atoms with E-state index in [1.807, 2.05) is 6.92 Å². The Morgan fingerprint density at radius 3 is 2.62 bits per heavy atom. The van der Waals surface area contributed by atoms with Crippen molar-refractivity contribution in [3.63, 3.8) is 0 Å². The van der Waals surface area contributed by atoms with Gasteiger partial charge >= 0.3 is 5.97 Å². The number of nitrogens with one attached hydrogen (secondary N) is 1. The molecule has 7 heteroatoms. The second-order valence-electron chi connectivity index (χ2n) is 4.11. The molecule has 0 spiro atoms. The van der Waals surface area contributed by atoms with E-state index in [2.05, 4.69) is 10.3 Å². The summed E-state index contributed by atoms with van der Waals surface area (Å²) >= 11 is 1.37. The van der Waals surface area contributed by atoms with Crippen molar-refractivity contribution >= 4 is 28.1 Å². The van der Waals surface area contributed by atoms with Crippen LogP contribution in [0.5, 0.6) is 11.5 Å². The van der Waals surface area contributed by atoms with Crippen molar-refractivity contribution in [2.75, 3.05) is 26.6 Å². The Labute approximate surface area is 126 Å². The average molecular weight is 308 g/mol. The summed E-state index contributed by atoms with van der Waals surface area (Å²) in [5.41, 5.74) is 1.02. The van der Waals surface area contributed by atoms with Gasteiger partial charge in [-0.1, -0.05) is 0 Å². The Bertz CT molecular complexity index is 654. The van der Waals surface area contributed by atoms with Crippen LogP contribution in [-0.4, -0.2) is 32.3 Å². The highest BCUT2D eigenvalue weighted by Crippen LogP contribution is 2.33. The Hall–Kier alpha value is -2.28. The van der Waals surface area contributed by atoms with Crippen LogP contribution in [0.15, 0.2) is 18.2 Å². The number of hydrogen-bond acceptors (Lipinski definition) is 7. The summed E-state index contributed by atoms with van der Waals surface area (Å²) in [6, 6.07) is 5.40. The molecular formula is C14H16N2O4S. The maximum atomic E-state index is 11.6. The fraction of sp³-hybridized carbons (Fsp3) is 0.286. The number of nitrogens with zero attached hydrogens (tertiary/aromatic N) is 1. The van der Waals surface area contributed by atoms with Gasteiger partial charge in [-0.05, 0) is 19.1 Å². The molecule has 0 fully saturated rings. The molecule has 0 bridgehead atoms. The van der Waals surface area contributed by atoms with Crippen molar-refractivity contribution in [1.82, 2.24) is 4.98 Å². The third-order valence-electron chi connectivity index (χ3n) is 2.82. The zero-order valence-electron chi connectivity index (χ0n) is 12.2. The molecule has 2 aromatic rings. The Kier molecular flexibility index (Phi) is 4.64. The van der Waals surface area contributed by atoms with Crippen LogP contribution >= 0.6 is 11.3 Å². The number of thiazole rings is 1. The molecule has 0 aliphatic carbocycles. The molecule has 6 nitrogen and oxygen atoms in total. The molecule has 0 atom stereocenters. The lowest BCUT2D eigenvalue weighted by atomic mass is 10.2. The lowest BCUT2D eigenvalue weighted by molar-refractivity contribution is 0.0594. The van der Waals surface area contributed by atoms with E-state index in [1.54, 1.807) is 32.4 Å². The summed E-state index contributed by atoms with van der Waals surface area (Å²) in [5, 5.41) is 3.72. The van der Waals surface area contributed by atoms with Crippen LogP contribution in [0.1, 0.15) is 15.4 Å². The van der Waals surface area contributed by atoms with E-state index < -0.39 is 5.97 Å². The highest BCUT2D eigenvalue weighted by atomic mass is 32.1. The van der Waals surface area contributed by atoms with E-state index in [4.69, 9.17) is 14.2 Å². The van der Waals surface area contributed by atoms with E-state index in [0.717, 1.165) is 4.88 Å². The minimum Gasteiger partial charge on any atom is -0.497 e. The minimum absolute atomic E-state index is 0.312. The van der Waals surface area contributed by atoms with E-state index in [1.165, 1.54) is 18.4 Å². The van der Waals surface area contributed by atoms with Crippen LogP contribution in [-0.2, 0) is 4.74 Å².